The lowest BCUT2D eigenvalue weighted by molar-refractivity contribution is 0.285. The molecule has 1 aromatic heterocycles. The van der Waals surface area contributed by atoms with Crippen molar-refractivity contribution in [3.63, 3.8) is 0 Å². The standard InChI is InChI=1S/C10H7BrFNO2/c11-10-13-7(6-15-10)5-14-9-4-2-1-3-8(9)12/h1-4,6H,5H2. The van der Waals surface area contributed by atoms with Gasteiger partial charge in [0.2, 0.25) is 0 Å². The van der Waals surface area contributed by atoms with Gasteiger partial charge in [-0.05, 0) is 12.1 Å². The SMILES string of the molecule is Fc1ccccc1OCc1coc(Br)n1. The van der Waals surface area contributed by atoms with Gasteiger partial charge in [0.1, 0.15) is 18.6 Å². The van der Waals surface area contributed by atoms with E-state index in [2.05, 4.69) is 20.9 Å². The number of benzene rings is 1. The van der Waals surface area contributed by atoms with Crippen LogP contribution in [-0.2, 0) is 6.61 Å². The van der Waals surface area contributed by atoms with Gasteiger partial charge in [0, 0.05) is 15.9 Å². The van der Waals surface area contributed by atoms with Crippen LogP contribution in [0.4, 0.5) is 4.39 Å². The molecule has 2 aromatic rings. The highest BCUT2D eigenvalue weighted by atomic mass is 79.9. The van der Waals surface area contributed by atoms with Crippen LogP contribution >= 0.6 is 15.9 Å². The largest absolute Gasteiger partial charge is 0.484 e. The van der Waals surface area contributed by atoms with Crippen LogP contribution < -0.4 is 4.74 Å². The molecule has 0 bridgehead atoms. The van der Waals surface area contributed by atoms with Crippen LogP contribution in [0.1, 0.15) is 5.69 Å². The molecule has 0 aliphatic heterocycles. The average Bonchev–Trinajstić information content (AvgIpc) is 2.63. The molecule has 1 aromatic carbocycles. The van der Waals surface area contributed by atoms with Gasteiger partial charge in [0.05, 0.1) is 0 Å². The van der Waals surface area contributed by atoms with E-state index in [9.17, 15) is 4.39 Å². The molecule has 0 saturated carbocycles. The number of hydrogen-bond acceptors (Lipinski definition) is 3. The zero-order chi connectivity index (χ0) is 10.7. The quantitative estimate of drug-likeness (QED) is 0.860. The van der Waals surface area contributed by atoms with Crippen molar-refractivity contribution in [3.05, 3.63) is 46.8 Å². The number of oxazole rings is 1. The van der Waals surface area contributed by atoms with E-state index in [4.69, 9.17) is 9.15 Å². The number of rotatable bonds is 3. The molecule has 0 N–H and O–H groups in total. The number of aromatic nitrogens is 1. The second kappa shape index (κ2) is 4.44. The fourth-order valence-electron chi connectivity index (χ4n) is 1.06. The first-order valence-corrected chi connectivity index (χ1v) is 5.02. The molecule has 78 valence electrons. The molecule has 0 spiro atoms. The average molecular weight is 272 g/mol. The lowest BCUT2D eigenvalue weighted by Gasteiger charge is -2.03. The van der Waals surface area contributed by atoms with Gasteiger partial charge in [0.25, 0.3) is 4.80 Å². The Hall–Kier alpha value is -1.36. The summed E-state index contributed by atoms with van der Waals surface area (Å²) in [6.45, 7) is 0.177. The Bertz CT molecular complexity index is 458. The minimum atomic E-state index is -0.389. The molecule has 3 nitrogen and oxygen atoms in total. The topological polar surface area (TPSA) is 35.3 Å². The second-order valence-electron chi connectivity index (χ2n) is 2.81. The summed E-state index contributed by atoms with van der Waals surface area (Å²) in [4.78, 5) is 4.34. The van der Waals surface area contributed by atoms with Crippen molar-refractivity contribution < 1.29 is 13.5 Å². The Morgan fingerprint density at radius 2 is 2.20 bits per heavy atom. The Morgan fingerprint density at radius 3 is 2.87 bits per heavy atom. The van der Waals surface area contributed by atoms with Crippen LogP contribution in [0.25, 0.3) is 0 Å². The van der Waals surface area contributed by atoms with E-state index in [1.165, 1.54) is 12.3 Å². The summed E-state index contributed by atoms with van der Waals surface area (Å²) < 4.78 is 23.3. The summed E-state index contributed by atoms with van der Waals surface area (Å²) in [6.07, 6.45) is 1.45. The molecule has 0 fully saturated rings. The predicted octanol–water partition coefficient (Wildman–Crippen LogP) is 3.16. The van der Waals surface area contributed by atoms with Crippen LogP contribution in [-0.4, -0.2) is 4.98 Å². The molecule has 0 unspecified atom stereocenters. The highest BCUT2D eigenvalue weighted by Crippen LogP contribution is 2.17. The minimum absolute atomic E-state index is 0.177. The normalized spacial score (nSPS) is 10.3. The first-order chi connectivity index (χ1) is 7.25. The van der Waals surface area contributed by atoms with Crippen LogP contribution in [0.15, 0.2) is 39.7 Å². The Morgan fingerprint density at radius 1 is 1.40 bits per heavy atom. The highest BCUT2D eigenvalue weighted by Gasteiger charge is 2.04. The molecule has 5 heteroatoms. The Kier molecular flexibility index (Phi) is 3.01. The zero-order valence-corrected chi connectivity index (χ0v) is 9.20. The monoisotopic (exact) mass is 271 g/mol. The maximum atomic E-state index is 13.1. The van der Waals surface area contributed by atoms with Gasteiger partial charge >= 0.3 is 0 Å². The zero-order valence-electron chi connectivity index (χ0n) is 7.61. The third-order valence-electron chi connectivity index (χ3n) is 1.74. The summed E-state index contributed by atoms with van der Waals surface area (Å²) >= 11 is 3.07. The number of hydrogen-bond donors (Lipinski definition) is 0. The molecular formula is C10H7BrFNO2. The molecule has 0 radical (unpaired) electrons. The Balaban J connectivity index is 2.02. The summed E-state index contributed by atoms with van der Waals surface area (Å²) in [6, 6.07) is 6.21. The molecule has 0 amide bonds. The molecule has 1 heterocycles. The number of para-hydroxylation sites is 1. The smallest absolute Gasteiger partial charge is 0.264 e. The van der Waals surface area contributed by atoms with Crippen molar-refractivity contribution in [2.75, 3.05) is 0 Å². The summed E-state index contributed by atoms with van der Waals surface area (Å²) in [5.74, 6) is -0.184. The van der Waals surface area contributed by atoms with Crippen LogP contribution in [0.5, 0.6) is 5.75 Å². The van der Waals surface area contributed by atoms with Gasteiger partial charge in [0.15, 0.2) is 11.6 Å². The van der Waals surface area contributed by atoms with E-state index in [0.29, 0.717) is 10.5 Å². The van der Waals surface area contributed by atoms with Gasteiger partial charge in [-0.2, -0.15) is 0 Å². The molecule has 2 rings (SSSR count). The van der Waals surface area contributed by atoms with Gasteiger partial charge in [-0.1, -0.05) is 12.1 Å². The van der Waals surface area contributed by atoms with E-state index in [0.717, 1.165) is 0 Å². The first-order valence-electron chi connectivity index (χ1n) is 4.23. The highest BCUT2D eigenvalue weighted by molar-refractivity contribution is 9.10. The van der Waals surface area contributed by atoms with Gasteiger partial charge in [-0.15, -0.1) is 0 Å². The van der Waals surface area contributed by atoms with E-state index in [1.807, 2.05) is 0 Å². The van der Waals surface area contributed by atoms with Crippen LogP contribution in [0.3, 0.4) is 0 Å². The van der Waals surface area contributed by atoms with E-state index >= 15 is 0 Å². The predicted molar refractivity (Wildman–Crippen MR) is 54.9 cm³/mol. The third-order valence-corrected chi connectivity index (χ3v) is 2.10. The number of nitrogens with zero attached hydrogens (tertiary/aromatic N) is 1. The van der Waals surface area contributed by atoms with E-state index in [1.54, 1.807) is 18.2 Å². The lowest BCUT2D eigenvalue weighted by Crippen LogP contribution is -1.97. The van der Waals surface area contributed by atoms with Crippen molar-refractivity contribution in [2.45, 2.75) is 6.61 Å². The minimum Gasteiger partial charge on any atom is -0.484 e. The van der Waals surface area contributed by atoms with Crippen LogP contribution in [0.2, 0.25) is 0 Å². The number of halogens is 2. The Labute approximate surface area is 94.0 Å². The fraction of sp³-hybridized carbons (Fsp3) is 0.100. The van der Waals surface area contributed by atoms with Crippen molar-refractivity contribution in [1.29, 1.82) is 0 Å². The van der Waals surface area contributed by atoms with Crippen molar-refractivity contribution in [2.24, 2.45) is 0 Å². The fourth-order valence-corrected chi connectivity index (χ4v) is 1.38. The van der Waals surface area contributed by atoms with E-state index < -0.39 is 0 Å². The molecule has 0 atom stereocenters. The van der Waals surface area contributed by atoms with Crippen molar-refractivity contribution in [1.82, 2.24) is 4.98 Å². The van der Waals surface area contributed by atoms with E-state index in [-0.39, 0.29) is 18.2 Å². The van der Waals surface area contributed by atoms with Crippen molar-refractivity contribution in [3.8, 4) is 5.75 Å². The molecule has 15 heavy (non-hydrogen) atoms. The number of ether oxygens (including phenoxy) is 1. The lowest BCUT2D eigenvalue weighted by atomic mass is 10.3. The maximum Gasteiger partial charge on any atom is 0.264 e. The molecule has 0 aliphatic carbocycles. The van der Waals surface area contributed by atoms with Crippen LogP contribution in [0, 0.1) is 5.82 Å². The van der Waals surface area contributed by atoms with Gasteiger partial charge < -0.3 is 9.15 Å². The van der Waals surface area contributed by atoms with Gasteiger partial charge in [-0.3, -0.25) is 0 Å². The summed E-state index contributed by atoms with van der Waals surface area (Å²) in [7, 11) is 0. The summed E-state index contributed by atoms with van der Waals surface area (Å²) in [5.41, 5.74) is 0.602. The summed E-state index contributed by atoms with van der Waals surface area (Å²) in [5, 5.41) is 0. The molecule has 0 aliphatic rings. The molecular weight excluding hydrogens is 265 g/mol. The van der Waals surface area contributed by atoms with Crippen molar-refractivity contribution >= 4 is 15.9 Å². The second-order valence-corrected chi connectivity index (χ2v) is 3.49. The van der Waals surface area contributed by atoms with Gasteiger partial charge in [-0.25, -0.2) is 9.37 Å². The first kappa shape index (κ1) is 10.2. The third kappa shape index (κ3) is 2.56. The molecule has 0 saturated heterocycles. The maximum absolute atomic E-state index is 13.1.